The van der Waals surface area contributed by atoms with Crippen LogP contribution in [0.5, 0.6) is 0 Å². The van der Waals surface area contributed by atoms with E-state index in [4.69, 9.17) is 0 Å². The van der Waals surface area contributed by atoms with Gasteiger partial charge in [-0.3, -0.25) is 0 Å². The van der Waals surface area contributed by atoms with Gasteiger partial charge < -0.3 is 0 Å². The summed E-state index contributed by atoms with van der Waals surface area (Å²) in [6.07, 6.45) is 24.9. The zero-order valence-corrected chi connectivity index (χ0v) is 17.2. The molecule has 0 unspecified atom stereocenters. The molecule has 0 radical (unpaired) electrons. The van der Waals surface area contributed by atoms with Crippen LogP contribution in [0.3, 0.4) is 0 Å². The first-order chi connectivity index (χ1) is 12.5. The summed E-state index contributed by atoms with van der Waals surface area (Å²) < 4.78 is 0. The van der Waals surface area contributed by atoms with E-state index >= 15 is 0 Å². The van der Waals surface area contributed by atoms with Gasteiger partial charge in [0.15, 0.2) is 0 Å². The van der Waals surface area contributed by atoms with Crippen LogP contribution in [-0.4, -0.2) is 0 Å². The van der Waals surface area contributed by atoms with Gasteiger partial charge in [0, 0.05) is 0 Å². The second kappa shape index (κ2) is 15.0. The molecule has 0 saturated carbocycles. The summed E-state index contributed by atoms with van der Waals surface area (Å²) in [5, 5.41) is 0. The maximum absolute atomic E-state index is 4.26. The summed E-state index contributed by atoms with van der Waals surface area (Å²) in [5.74, 6) is 0. The number of hydrogen-bond acceptors (Lipinski definition) is 0. The lowest BCUT2D eigenvalue weighted by Crippen LogP contribution is -1.91. The molecule has 0 heteroatoms. The third-order valence-corrected chi connectivity index (χ3v) is 3.60. The van der Waals surface area contributed by atoms with Gasteiger partial charge in [-0.1, -0.05) is 107 Å². The number of hydrogen-bond donors (Lipinski definition) is 0. The normalized spacial score (nSPS) is 13.9. The molecule has 0 fully saturated rings. The van der Waals surface area contributed by atoms with E-state index in [0.717, 1.165) is 42.4 Å². The largest absolute Gasteiger partial charge is 0.0998 e. The van der Waals surface area contributed by atoms with Gasteiger partial charge in [-0.15, -0.1) is 0 Å². The van der Waals surface area contributed by atoms with Gasteiger partial charge in [-0.25, -0.2) is 0 Å². The van der Waals surface area contributed by atoms with Crippen LogP contribution in [0.15, 0.2) is 108 Å². The van der Waals surface area contributed by atoms with Crippen molar-refractivity contribution in [3.05, 3.63) is 108 Å². The van der Waals surface area contributed by atoms with Crippen molar-refractivity contribution in [3.8, 4) is 0 Å². The number of rotatable bonds is 12. The molecule has 0 aromatic carbocycles. The van der Waals surface area contributed by atoms with Crippen LogP contribution in [0.1, 0.15) is 53.4 Å². The Bertz CT molecular complexity index is 640. The Morgan fingerprint density at radius 3 is 1.92 bits per heavy atom. The van der Waals surface area contributed by atoms with Crippen LogP contribution in [0.25, 0.3) is 0 Å². The molecule has 0 saturated heterocycles. The minimum Gasteiger partial charge on any atom is -0.0998 e. The highest BCUT2D eigenvalue weighted by Crippen LogP contribution is 2.23. The SMILES string of the molecule is C=CC=CC(C=CCC)=C(C=C(C=CCC)C(=C)C=CCC)CC(=C)C. The summed E-state index contributed by atoms with van der Waals surface area (Å²) in [5.41, 5.74) is 5.73. The average molecular weight is 349 g/mol. The summed E-state index contributed by atoms with van der Waals surface area (Å²) in [6, 6.07) is 0. The molecule has 0 spiro atoms. The van der Waals surface area contributed by atoms with E-state index in [1.54, 1.807) is 0 Å². The Hall–Kier alpha value is -2.34. The average Bonchev–Trinajstić information content (AvgIpc) is 2.62. The Balaban J connectivity index is 6.35. The lowest BCUT2D eigenvalue weighted by Gasteiger charge is -2.10. The van der Waals surface area contributed by atoms with Gasteiger partial charge in [-0.2, -0.15) is 0 Å². The zero-order chi connectivity index (χ0) is 19.8. The van der Waals surface area contributed by atoms with E-state index in [1.165, 1.54) is 11.1 Å². The van der Waals surface area contributed by atoms with Crippen LogP contribution in [-0.2, 0) is 0 Å². The van der Waals surface area contributed by atoms with Crippen molar-refractivity contribution in [2.24, 2.45) is 0 Å². The second-order valence-electron chi connectivity index (χ2n) is 6.27. The molecule has 0 nitrogen and oxygen atoms in total. The molecule has 0 aromatic heterocycles. The van der Waals surface area contributed by atoms with Crippen molar-refractivity contribution in [1.29, 1.82) is 0 Å². The summed E-state index contributed by atoms with van der Waals surface area (Å²) in [6.45, 7) is 20.7. The topological polar surface area (TPSA) is 0 Å². The molecule has 0 aliphatic carbocycles. The van der Waals surface area contributed by atoms with Crippen LogP contribution >= 0.6 is 0 Å². The van der Waals surface area contributed by atoms with E-state index in [1.807, 2.05) is 12.2 Å². The molecule has 140 valence electrons. The van der Waals surface area contributed by atoms with Crippen molar-refractivity contribution in [1.82, 2.24) is 0 Å². The molecule has 0 atom stereocenters. The molecule has 0 rings (SSSR count). The van der Waals surface area contributed by atoms with Gasteiger partial charge in [0.2, 0.25) is 0 Å². The van der Waals surface area contributed by atoms with Gasteiger partial charge in [0.05, 0.1) is 0 Å². The standard InChI is InChI=1S/C26H36/c1-8-12-16-23(7)25(19-15-11-4)21-26(20-22(5)6)24(17-13-9-2)18-14-10-3/h9,12-19,21H,2,5,7-8,10-11,20H2,1,3-4,6H3. The molecule has 26 heavy (non-hydrogen) atoms. The van der Waals surface area contributed by atoms with Gasteiger partial charge in [0.25, 0.3) is 0 Å². The first kappa shape index (κ1) is 23.7. The Morgan fingerprint density at radius 1 is 0.808 bits per heavy atom. The van der Waals surface area contributed by atoms with E-state index in [-0.39, 0.29) is 0 Å². The van der Waals surface area contributed by atoms with Crippen molar-refractivity contribution >= 4 is 0 Å². The monoisotopic (exact) mass is 348 g/mol. The molecule has 0 aliphatic heterocycles. The minimum atomic E-state index is 0.832. The highest BCUT2D eigenvalue weighted by Gasteiger charge is 2.04. The highest BCUT2D eigenvalue weighted by atomic mass is 14.1. The van der Waals surface area contributed by atoms with Crippen molar-refractivity contribution in [2.75, 3.05) is 0 Å². The van der Waals surface area contributed by atoms with E-state index in [9.17, 15) is 0 Å². The first-order valence-electron chi connectivity index (χ1n) is 9.57. The van der Waals surface area contributed by atoms with Crippen LogP contribution in [0, 0.1) is 0 Å². The number of allylic oxidation sites excluding steroid dienone is 15. The molecule has 0 heterocycles. The predicted molar refractivity (Wildman–Crippen MR) is 121 cm³/mol. The maximum Gasteiger partial charge on any atom is -0.00664 e. The van der Waals surface area contributed by atoms with Crippen LogP contribution in [0.4, 0.5) is 0 Å². The van der Waals surface area contributed by atoms with E-state index in [0.29, 0.717) is 0 Å². The molecule has 0 aromatic rings. The fourth-order valence-electron chi connectivity index (χ4n) is 2.28. The molecule has 0 amide bonds. The first-order valence-corrected chi connectivity index (χ1v) is 9.57. The second-order valence-corrected chi connectivity index (χ2v) is 6.27. The van der Waals surface area contributed by atoms with Crippen molar-refractivity contribution in [2.45, 2.75) is 53.4 Å². The summed E-state index contributed by atoms with van der Waals surface area (Å²) in [4.78, 5) is 0. The zero-order valence-electron chi connectivity index (χ0n) is 17.2. The van der Waals surface area contributed by atoms with Crippen LogP contribution < -0.4 is 0 Å². The smallest absolute Gasteiger partial charge is 0.00664 e. The fraction of sp³-hybridized carbons (Fsp3) is 0.308. The Morgan fingerprint density at radius 2 is 1.38 bits per heavy atom. The maximum atomic E-state index is 4.26. The van der Waals surface area contributed by atoms with Crippen LogP contribution in [0.2, 0.25) is 0 Å². The lowest BCUT2D eigenvalue weighted by atomic mass is 9.95. The van der Waals surface area contributed by atoms with E-state index < -0.39 is 0 Å². The predicted octanol–water partition coefficient (Wildman–Crippen LogP) is 8.37. The molecular weight excluding hydrogens is 312 g/mol. The molecule has 0 aliphatic rings. The Labute approximate surface area is 162 Å². The third-order valence-electron chi connectivity index (χ3n) is 3.60. The molecule has 0 N–H and O–H groups in total. The van der Waals surface area contributed by atoms with Crippen molar-refractivity contribution in [3.63, 3.8) is 0 Å². The molecular formula is C26H36. The quantitative estimate of drug-likeness (QED) is 0.245. The van der Waals surface area contributed by atoms with Gasteiger partial charge in [0.1, 0.15) is 0 Å². The third kappa shape index (κ3) is 10.5. The van der Waals surface area contributed by atoms with E-state index in [2.05, 4.69) is 96.0 Å². The molecule has 0 bridgehead atoms. The summed E-state index contributed by atoms with van der Waals surface area (Å²) >= 11 is 0. The lowest BCUT2D eigenvalue weighted by molar-refractivity contribution is 1.14. The summed E-state index contributed by atoms with van der Waals surface area (Å²) in [7, 11) is 0. The Kier molecular flexibility index (Phi) is 13.6. The minimum absolute atomic E-state index is 0.832. The van der Waals surface area contributed by atoms with Crippen molar-refractivity contribution < 1.29 is 0 Å². The van der Waals surface area contributed by atoms with Gasteiger partial charge >= 0.3 is 0 Å². The van der Waals surface area contributed by atoms with Gasteiger partial charge in [-0.05, 0) is 54.9 Å². The highest BCUT2D eigenvalue weighted by molar-refractivity contribution is 5.52. The fourth-order valence-corrected chi connectivity index (χ4v) is 2.28.